The average Bonchev–Trinajstić information content (AvgIpc) is 2.50. The van der Waals surface area contributed by atoms with E-state index in [2.05, 4.69) is 46.6 Å². The van der Waals surface area contributed by atoms with Gasteiger partial charge in [0, 0.05) is 23.1 Å². The zero-order valence-corrected chi connectivity index (χ0v) is 13.9. The third-order valence-corrected chi connectivity index (χ3v) is 3.71. The number of rotatable bonds is 4. The SMILES string of the molecule is Cc1cc(Nc2cccc(F)c2)nc(Nc2ccc(C)c(C)c2)n1. The fourth-order valence-corrected chi connectivity index (χ4v) is 2.35. The highest BCUT2D eigenvalue weighted by Gasteiger charge is 2.05. The molecule has 0 aliphatic rings. The van der Waals surface area contributed by atoms with Crippen LogP contribution in [0.4, 0.5) is 27.5 Å². The number of halogens is 1. The molecule has 0 aliphatic carbocycles. The van der Waals surface area contributed by atoms with Crippen molar-refractivity contribution in [2.45, 2.75) is 20.8 Å². The molecule has 3 rings (SSSR count). The summed E-state index contributed by atoms with van der Waals surface area (Å²) in [6.45, 7) is 6.03. The van der Waals surface area contributed by atoms with Crippen molar-refractivity contribution in [1.29, 1.82) is 0 Å². The van der Waals surface area contributed by atoms with Gasteiger partial charge in [-0.3, -0.25) is 0 Å². The Hall–Kier alpha value is -2.95. The summed E-state index contributed by atoms with van der Waals surface area (Å²) in [7, 11) is 0. The normalized spacial score (nSPS) is 10.5. The highest BCUT2D eigenvalue weighted by Crippen LogP contribution is 2.21. The van der Waals surface area contributed by atoms with Crippen LogP contribution in [0.15, 0.2) is 48.5 Å². The lowest BCUT2D eigenvalue weighted by atomic mass is 10.1. The van der Waals surface area contributed by atoms with E-state index >= 15 is 0 Å². The lowest BCUT2D eigenvalue weighted by molar-refractivity contribution is 0.628. The molecule has 0 saturated heterocycles. The quantitative estimate of drug-likeness (QED) is 0.707. The molecule has 3 aromatic rings. The first kappa shape index (κ1) is 15.9. The first-order chi connectivity index (χ1) is 11.5. The molecule has 24 heavy (non-hydrogen) atoms. The summed E-state index contributed by atoms with van der Waals surface area (Å²) in [5, 5.41) is 6.32. The molecule has 122 valence electrons. The van der Waals surface area contributed by atoms with Gasteiger partial charge in [-0.1, -0.05) is 12.1 Å². The number of anilines is 4. The summed E-state index contributed by atoms with van der Waals surface area (Å²) < 4.78 is 13.3. The van der Waals surface area contributed by atoms with Crippen LogP contribution in [-0.2, 0) is 0 Å². The van der Waals surface area contributed by atoms with Gasteiger partial charge < -0.3 is 10.6 Å². The third kappa shape index (κ3) is 3.87. The number of nitrogens with zero attached hydrogens (tertiary/aromatic N) is 2. The molecule has 1 aromatic heterocycles. The molecule has 0 aliphatic heterocycles. The molecule has 4 nitrogen and oxygen atoms in total. The van der Waals surface area contributed by atoms with E-state index in [1.165, 1.54) is 23.3 Å². The van der Waals surface area contributed by atoms with Crippen LogP contribution in [0.25, 0.3) is 0 Å². The zero-order valence-electron chi connectivity index (χ0n) is 13.9. The standard InChI is InChI=1S/C19H19FN4/c1-12-7-8-17(9-13(12)2)23-19-21-14(3)10-18(24-19)22-16-6-4-5-15(20)11-16/h4-11H,1-3H3,(H2,21,22,23,24). The summed E-state index contributed by atoms with van der Waals surface area (Å²) in [4.78, 5) is 8.85. The van der Waals surface area contributed by atoms with Gasteiger partial charge in [0.1, 0.15) is 11.6 Å². The number of aromatic nitrogens is 2. The molecular formula is C19H19FN4. The van der Waals surface area contributed by atoms with Gasteiger partial charge in [-0.05, 0) is 62.2 Å². The monoisotopic (exact) mass is 322 g/mol. The minimum atomic E-state index is -0.292. The van der Waals surface area contributed by atoms with E-state index < -0.39 is 0 Å². The van der Waals surface area contributed by atoms with Crippen LogP contribution in [0, 0.1) is 26.6 Å². The van der Waals surface area contributed by atoms with Crippen molar-refractivity contribution < 1.29 is 4.39 Å². The molecule has 0 bridgehead atoms. The van der Waals surface area contributed by atoms with Crippen LogP contribution in [-0.4, -0.2) is 9.97 Å². The van der Waals surface area contributed by atoms with E-state index in [9.17, 15) is 4.39 Å². The average molecular weight is 322 g/mol. The highest BCUT2D eigenvalue weighted by atomic mass is 19.1. The Morgan fingerprint density at radius 1 is 0.792 bits per heavy atom. The molecule has 2 N–H and O–H groups in total. The van der Waals surface area contributed by atoms with Crippen molar-refractivity contribution in [3.05, 3.63) is 71.2 Å². The predicted molar refractivity (Wildman–Crippen MR) is 95.7 cm³/mol. The van der Waals surface area contributed by atoms with E-state index in [1.54, 1.807) is 12.1 Å². The second kappa shape index (κ2) is 6.66. The first-order valence-corrected chi connectivity index (χ1v) is 7.72. The van der Waals surface area contributed by atoms with Gasteiger partial charge >= 0.3 is 0 Å². The lowest BCUT2D eigenvalue weighted by Crippen LogP contribution is -2.02. The minimum absolute atomic E-state index is 0.292. The van der Waals surface area contributed by atoms with Gasteiger partial charge in [0.2, 0.25) is 5.95 Å². The molecule has 5 heteroatoms. The largest absolute Gasteiger partial charge is 0.340 e. The molecular weight excluding hydrogens is 303 g/mol. The highest BCUT2D eigenvalue weighted by molar-refractivity contribution is 5.60. The molecule has 2 aromatic carbocycles. The Bertz CT molecular complexity index is 877. The molecule has 0 atom stereocenters. The van der Waals surface area contributed by atoms with Crippen LogP contribution < -0.4 is 10.6 Å². The predicted octanol–water partition coefficient (Wildman–Crippen LogP) is 5.03. The smallest absolute Gasteiger partial charge is 0.229 e. The number of benzene rings is 2. The van der Waals surface area contributed by atoms with Crippen molar-refractivity contribution in [3.8, 4) is 0 Å². The van der Waals surface area contributed by atoms with Gasteiger partial charge in [0.15, 0.2) is 0 Å². The van der Waals surface area contributed by atoms with Crippen molar-refractivity contribution in [3.63, 3.8) is 0 Å². The maximum absolute atomic E-state index is 13.3. The number of aryl methyl sites for hydroxylation is 3. The molecule has 0 amide bonds. The Labute approximate surface area is 140 Å². The van der Waals surface area contributed by atoms with E-state index in [4.69, 9.17) is 0 Å². The molecule has 0 unspecified atom stereocenters. The molecule has 0 spiro atoms. The number of hydrogen-bond donors (Lipinski definition) is 2. The summed E-state index contributed by atoms with van der Waals surface area (Å²) in [5.74, 6) is 0.816. The van der Waals surface area contributed by atoms with Crippen LogP contribution in [0.2, 0.25) is 0 Å². The van der Waals surface area contributed by atoms with E-state index in [0.29, 0.717) is 17.5 Å². The topological polar surface area (TPSA) is 49.8 Å². The molecule has 1 heterocycles. The van der Waals surface area contributed by atoms with Gasteiger partial charge in [0.05, 0.1) is 0 Å². The number of hydrogen-bond acceptors (Lipinski definition) is 4. The Balaban J connectivity index is 1.84. The molecule has 0 radical (unpaired) electrons. The van der Waals surface area contributed by atoms with Crippen LogP contribution >= 0.6 is 0 Å². The van der Waals surface area contributed by atoms with Crippen molar-refractivity contribution in [2.75, 3.05) is 10.6 Å². The second-order valence-corrected chi connectivity index (χ2v) is 5.78. The maximum atomic E-state index is 13.3. The van der Waals surface area contributed by atoms with Crippen LogP contribution in [0.1, 0.15) is 16.8 Å². The van der Waals surface area contributed by atoms with Crippen LogP contribution in [0.5, 0.6) is 0 Å². The van der Waals surface area contributed by atoms with Crippen molar-refractivity contribution in [1.82, 2.24) is 9.97 Å². The summed E-state index contributed by atoms with van der Waals surface area (Å²) >= 11 is 0. The minimum Gasteiger partial charge on any atom is -0.340 e. The zero-order chi connectivity index (χ0) is 17.1. The van der Waals surface area contributed by atoms with Gasteiger partial charge in [-0.25, -0.2) is 9.37 Å². The van der Waals surface area contributed by atoms with Gasteiger partial charge in [-0.2, -0.15) is 4.98 Å². The fourth-order valence-electron chi connectivity index (χ4n) is 2.35. The lowest BCUT2D eigenvalue weighted by Gasteiger charge is -2.11. The Morgan fingerprint density at radius 2 is 1.58 bits per heavy atom. The maximum Gasteiger partial charge on any atom is 0.229 e. The fraction of sp³-hybridized carbons (Fsp3) is 0.158. The van der Waals surface area contributed by atoms with Gasteiger partial charge in [0.25, 0.3) is 0 Å². The van der Waals surface area contributed by atoms with Crippen molar-refractivity contribution >= 4 is 23.1 Å². The summed E-state index contributed by atoms with van der Waals surface area (Å²) in [5.41, 5.74) is 4.82. The summed E-state index contributed by atoms with van der Waals surface area (Å²) in [6, 6.07) is 14.2. The third-order valence-electron chi connectivity index (χ3n) is 3.71. The van der Waals surface area contributed by atoms with Crippen LogP contribution in [0.3, 0.4) is 0 Å². The van der Waals surface area contributed by atoms with Gasteiger partial charge in [-0.15, -0.1) is 0 Å². The summed E-state index contributed by atoms with van der Waals surface area (Å²) in [6.07, 6.45) is 0. The van der Waals surface area contributed by atoms with Crippen molar-refractivity contribution in [2.24, 2.45) is 0 Å². The Morgan fingerprint density at radius 3 is 2.33 bits per heavy atom. The van der Waals surface area contributed by atoms with E-state index in [-0.39, 0.29) is 5.82 Å². The number of nitrogens with one attached hydrogen (secondary N) is 2. The molecule has 0 fully saturated rings. The second-order valence-electron chi connectivity index (χ2n) is 5.78. The van der Waals surface area contributed by atoms with E-state index in [1.807, 2.05) is 19.1 Å². The molecule has 0 saturated carbocycles. The Kier molecular flexibility index (Phi) is 4.42. The van der Waals surface area contributed by atoms with E-state index in [0.717, 1.165) is 11.4 Å². The first-order valence-electron chi connectivity index (χ1n) is 7.72.